The minimum atomic E-state index is -4.42. The lowest BCUT2D eigenvalue weighted by atomic mass is 10.1. The smallest absolute Gasteiger partial charge is 0.339 e. The molecule has 0 saturated heterocycles. The number of halogens is 3. The van der Waals surface area contributed by atoms with E-state index in [9.17, 15) is 18.0 Å². The van der Waals surface area contributed by atoms with Gasteiger partial charge in [-0.25, -0.2) is 4.98 Å². The Morgan fingerprint density at radius 2 is 2.07 bits per heavy atom. The molecule has 154 valence electrons. The molecule has 0 aliphatic heterocycles. The van der Waals surface area contributed by atoms with Gasteiger partial charge < -0.3 is 9.84 Å². The molecule has 0 saturated carbocycles. The van der Waals surface area contributed by atoms with Crippen LogP contribution < -0.4 is 5.32 Å². The van der Waals surface area contributed by atoms with Crippen molar-refractivity contribution in [2.75, 3.05) is 5.32 Å². The van der Waals surface area contributed by atoms with Crippen molar-refractivity contribution in [2.45, 2.75) is 45.2 Å². The van der Waals surface area contributed by atoms with E-state index in [1.54, 1.807) is 11.4 Å². The standard InChI is InChI=1S/C19H19F3N4O2S/c1-11(2)17-25-16(28-26-17)8-4-7-15(27)24-18-23-14(10-29-18)12-5-3-6-13(9-12)19(20,21)22/h3,5-6,9-11H,4,7-8H2,1-2H3,(H,23,24,27). The van der Waals surface area contributed by atoms with Gasteiger partial charge in [-0.1, -0.05) is 31.1 Å². The monoisotopic (exact) mass is 424 g/mol. The van der Waals surface area contributed by atoms with Crippen LogP contribution in [0, 0.1) is 0 Å². The Hall–Kier alpha value is -2.75. The normalized spacial score (nSPS) is 11.8. The number of benzene rings is 1. The highest BCUT2D eigenvalue weighted by Crippen LogP contribution is 2.33. The number of aromatic nitrogens is 3. The van der Waals surface area contributed by atoms with Crippen LogP contribution in [0.1, 0.15) is 49.9 Å². The molecular formula is C19H19F3N4O2S. The Morgan fingerprint density at radius 3 is 2.76 bits per heavy atom. The maximum Gasteiger partial charge on any atom is 0.416 e. The summed E-state index contributed by atoms with van der Waals surface area (Å²) in [6.45, 7) is 3.92. The van der Waals surface area contributed by atoms with Crippen LogP contribution in [-0.2, 0) is 17.4 Å². The zero-order chi connectivity index (χ0) is 21.0. The first-order valence-electron chi connectivity index (χ1n) is 8.98. The van der Waals surface area contributed by atoms with Gasteiger partial charge in [-0.15, -0.1) is 11.3 Å². The van der Waals surface area contributed by atoms with Crippen molar-refractivity contribution in [1.82, 2.24) is 15.1 Å². The number of anilines is 1. The number of rotatable bonds is 7. The number of aryl methyl sites for hydroxylation is 1. The first-order chi connectivity index (χ1) is 13.7. The van der Waals surface area contributed by atoms with E-state index in [0.717, 1.165) is 23.5 Å². The van der Waals surface area contributed by atoms with Crippen LogP contribution in [0.3, 0.4) is 0 Å². The van der Waals surface area contributed by atoms with Crippen LogP contribution in [-0.4, -0.2) is 21.0 Å². The summed E-state index contributed by atoms with van der Waals surface area (Å²) in [4.78, 5) is 20.6. The van der Waals surface area contributed by atoms with Crippen LogP contribution in [0.15, 0.2) is 34.2 Å². The van der Waals surface area contributed by atoms with Gasteiger partial charge in [0.1, 0.15) is 0 Å². The summed E-state index contributed by atoms with van der Waals surface area (Å²) in [6, 6.07) is 4.92. The maximum absolute atomic E-state index is 12.9. The van der Waals surface area contributed by atoms with E-state index in [-0.39, 0.29) is 18.2 Å². The summed E-state index contributed by atoms with van der Waals surface area (Å²) in [5.41, 5.74) is -0.0207. The van der Waals surface area contributed by atoms with E-state index in [2.05, 4.69) is 20.4 Å². The number of hydrogen-bond acceptors (Lipinski definition) is 6. The molecule has 0 aliphatic rings. The van der Waals surface area contributed by atoms with Crippen molar-refractivity contribution in [3.63, 3.8) is 0 Å². The molecule has 3 aromatic rings. The van der Waals surface area contributed by atoms with E-state index in [1.165, 1.54) is 6.07 Å². The molecule has 0 spiro atoms. The summed E-state index contributed by atoms with van der Waals surface area (Å²) in [7, 11) is 0. The molecule has 0 unspecified atom stereocenters. The fourth-order valence-electron chi connectivity index (χ4n) is 2.50. The summed E-state index contributed by atoms with van der Waals surface area (Å²) in [5, 5.41) is 8.48. The number of carbonyl (C=O) groups excluding carboxylic acids is 1. The largest absolute Gasteiger partial charge is 0.416 e. The highest BCUT2D eigenvalue weighted by Gasteiger charge is 2.30. The quantitative estimate of drug-likeness (QED) is 0.557. The number of nitrogens with one attached hydrogen (secondary N) is 1. The topological polar surface area (TPSA) is 80.9 Å². The first-order valence-corrected chi connectivity index (χ1v) is 9.86. The molecule has 0 aliphatic carbocycles. The maximum atomic E-state index is 12.9. The molecule has 0 atom stereocenters. The molecule has 0 fully saturated rings. The van der Waals surface area contributed by atoms with Crippen LogP contribution in [0.5, 0.6) is 0 Å². The Labute approximate surface area is 169 Å². The number of alkyl halides is 3. The summed E-state index contributed by atoms with van der Waals surface area (Å²) < 4.78 is 43.7. The van der Waals surface area contributed by atoms with E-state index in [4.69, 9.17) is 4.52 Å². The molecular weight excluding hydrogens is 405 g/mol. The Balaban J connectivity index is 1.53. The lowest BCUT2D eigenvalue weighted by Gasteiger charge is -2.07. The molecule has 2 heterocycles. The van der Waals surface area contributed by atoms with Gasteiger partial charge in [0.2, 0.25) is 11.8 Å². The number of hydrogen-bond donors (Lipinski definition) is 1. The lowest BCUT2D eigenvalue weighted by molar-refractivity contribution is -0.137. The molecule has 0 bridgehead atoms. The zero-order valence-electron chi connectivity index (χ0n) is 15.8. The second-order valence-electron chi connectivity index (χ2n) is 6.72. The third-order valence-electron chi connectivity index (χ3n) is 4.03. The number of nitrogens with zero attached hydrogens (tertiary/aromatic N) is 3. The van der Waals surface area contributed by atoms with Gasteiger partial charge in [0.15, 0.2) is 11.0 Å². The SMILES string of the molecule is CC(C)c1noc(CCCC(=O)Nc2nc(-c3cccc(C(F)(F)F)c3)cs2)n1. The van der Waals surface area contributed by atoms with Gasteiger partial charge in [0.25, 0.3) is 0 Å². The van der Waals surface area contributed by atoms with E-state index in [1.807, 2.05) is 13.8 Å². The second-order valence-corrected chi connectivity index (χ2v) is 7.58. The van der Waals surface area contributed by atoms with Crippen LogP contribution in [0.4, 0.5) is 18.3 Å². The fraction of sp³-hybridized carbons (Fsp3) is 0.368. The average Bonchev–Trinajstić information content (AvgIpc) is 3.31. The van der Waals surface area contributed by atoms with Gasteiger partial charge in [-0.3, -0.25) is 4.79 Å². The van der Waals surface area contributed by atoms with Gasteiger partial charge >= 0.3 is 6.18 Å². The average molecular weight is 424 g/mol. The number of carbonyl (C=O) groups is 1. The Bertz CT molecular complexity index is 982. The molecule has 1 N–H and O–H groups in total. The third-order valence-corrected chi connectivity index (χ3v) is 4.79. The van der Waals surface area contributed by atoms with Crippen LogP contribution in [0.25, 0.3) is 11.3 Å². The van der Waals surface area contributed by atoms with Crippen molar-refractivity contribution in [3.05, 3.63) is 46.9 Å². The van der Waals surface area contributed by atoms with Crippen molar-refractivity contribution in [2.24, 2.45) is 0 Å². The van der Waals surface area contributed by atoms with Crippen molar-refractivity contribution in [3.8, 4) is 11.3 Å². The van der Waals surface area contributed by atoms with Crippen molar-refractivity contribution >= 4 is 22.4 Å². The minimum Gasteiger partial charge on any atom is -0.339 e. The summed E-state index contributed by atoms with van der Waals surface area (Å²) in [5.74, 6) is 1.06. The Morgan fingerprint density at radius 1 is 1.28 bits per heavy atom. The zero-order valence-corrected chi connectivity index (χ0v) is 16.6. The van der Waals surface area contributed by atoms with E-state index < -0.39 is 11.7 Å². The van der Waals surface area contributed by atoms with Crippen LogP contribution in [0.2, 0.25) is 0 Å². The molecule has 10 heteroatoms. The van der Waals surface area contributed by atoms with Gasteiger partial charge in [-0.2, -0.15) is 18.2 Å². The third kappa shape index (κ3) is 5.63. The molecule has 2 aromatic heterocycles. The fourth-order valence-corrected chi connectivity index (χ4v) is 3.24. The predicted octanol–water partition coefficient (Wildman–Crippen LogP) is 5.30. The lowest BCUT2D eigenvalue weighted by Crippen LogP contribution is -2.11. The summed E-state index contributed by atoms with van der Waals surface area (Å²) >= 11 is 1.16. The molecule has 29 heavy (non-hydrogen) atoms. The van der Waals surface area contributed by atoms with Crippen molar-refractivity contribution < 1.29 is 22.5 Å². The van der Waals surface area contributed by atoms with Crippen LogP contribution >= 0.6 is 11.3 Å². The highest BCUT2D eigenvalue weighted by atomic mass is 32.1. The van der Waals surface area contributed by atoms with E-state index >= 15 is 0 Å². The predicted molar refractivity (Wildman–Crippen MR) is 103 cm³/mol. The highest BCUT2D eigenvalue weighted by molar-refractivity contribution is 7.14. The molecule has 1 aromatic carbocycles. The second kappa shape index (κ2) is 8.73. The minimum absolute atomic E-state index is 0.173. The molecule has 3 rings (SSSR count). The summed E-state index contributed by atoms with van der Waals surface area (Å²) in [6.07, 6.45) is -3.17. The molecule has 1 amide bonds. The molecule has 0 radical (unpaired) electrons. The number of thiazole rings is 1. The first kappa shape index (κ1) is 21.0. The van der Waals surface area contributed by atoms with Gasteiger partial charge in [0, 0.05) is 29.7 Å². The van der Waals surface area contributed by atoms with Gasteiger partial charge in [0.05, 0.1) is 11.3 Å². The Kier molecular flexibility index (Phi) is 6.31. The van der Waals surface area contributed by atoms with Crippen molar-refractivity contribution in [1.29, 1.82) is 0 Å². The van der Waals surface area contributed by atoms with E-state index in [0.29, 0.717) is 40.9 Å². The number of amides is 1. The van der Waals surface area contributed by atoms with Gasteiger partial charge in [-0.05, 0) is 18.6 Å². The molecule has 6 nitrogen and oxygen atoms in total.